The van der Waals surface area contributed by atoms with Gasteiger partial charge in [0.2, 0.25) is 5.91 Å². The maximum absolute atomic E-state index is 13.7. The second kappa shape index (κ2) is 8.38. The number of likely N-dealkylation sites (N-methyl/N-ethyl adjacent to an activating group) is 1. The molecule has 0 aliphatic carbocycles. The molecule has 1 aromatic carbocycles. The van der Waals surface area contributed by atoms with Crippen LogP contribution in [0.3, 0.4) is 0 Å². The molecule has 0 aromatic heterocycles. The van der Waals surface area contributed by atoms with Gasteiger partial charge in [-0.15, -0.1) is 24.8 Å². The monoisotopic (exact) mass is 407 g/mol. The number of hydrogen-bond donors (Lipinski definition) is 1. The van der Waals surface area contributed by atoms with Gasteiger partial charge in [0.05, 0.1) is 12.6 Å². The van der Waals surface area contributed by atoms with Gasteiger partial charge in [-0.1, -0.05) is 0 Å². The Hall–Kier alpha value is -0.950. The molecule has 146 valence electrons. The predicted octanol–water partition coefficient (Wildman–Crippen LogP) is 2.42. The zero-order chi connectivity index (χ0) is 16.8. The standard InChI is InChI=1S/C18H23F2N3O.2ClH/c1-21-9-16(24)23-10-15(12-6-13(19)8-14(20)7-12)18-17(23)11-2-4-22(18)5-3-11;;/h6-8,11,15,17-18,21H,2-5,9-10H2,1H3;2*1H/t15-,17+,18+;;/m0../s1. The van der Waals surface area contributed by atoms with E-state index in [0.717, 1.165) is 32.0 Å². The van der Waals surface area contributed by atoms with Gasteiger partial charge in [0.25, 0.3) is 0 Å². The van der Waals surface area contributed by atoms with Gasteiger partial charge in [0.1, 0.15) is 11.6 Å². The van der Waals surface area contributed by atoms with Crippen molar-refractivity contribution in [1.82, 2.24) is 15.1 Å². The number of piperidine rings is 3. The minimum Gasteiger partial charge on any atom is -0.336 e. The molecule has 1 N–H and O–H groups in total. The average molecular weight is 408 g/mol. The van der Waals surface area contributed by atoms with Gasteiger partial charge in [0, 0.05) is 24.6 Å². The van der Waals surface area contributed by atoms with Crippen LogP contribution in [0.5, 0.6) is 0 Å². The summed E-state index contributed by atoms with van der Waals surface area (Å²) in [6.45, 7) is 2.90. The normalized spacial score (nSPS) is 31.8. The molecule has 1 aromatic rings. The van der Waals surface area contributed by atoms with Crippen LogP contribution in [-0.4, -0.2) is 61.0 Å². The van der Waals surface area contributed by atoms with Gasteiger partial charge in [-0.05, 0) is 56.6 Å². The SMILES string of the molecule is CNCC(=O)N1C[C@@H](c2cc(F)cc(F)c2)[C@@H]2[C@H]1C1CCN2CC1.Cl.Cl. The highest BCUT2D eigenvalue weighted by atomic mass is 35.5. The number of carbonyl (C=O) groups is 1. The number of nitrogens with zero attached hydrogens (tertiary/aromatic N) is 2. The van der Waals surface area contributed by atoms with Crippen molar-refractivity contribution in [2.45, 2.75) is 30.8 Å². The molecule has 0 saturated carbocycles. The van der Waals surface area contributed by atoms with Crippen LogP contribution in [0.25, 0.3) is 0 Å². The molecule has 0 radical (unpaired) electrons. The summed E-state index contributed by atoms with van der Waals surface area (Å²) in [5.41, 5.74) is 0.676. The zero-order valence-corrected chi connectivity index (χ0v) is 16.3. The first-order chi connectivity index (χ1) is 11.6. The largest absolute Gasteiger partial charge is 0.336 e. The average Bonchev–Trinajstić information content (AvgIpc) is 2.98. The fourth-order valence-corrected chi connectivity index (χ4v) is 5.04. The fourth-order valence-electron chi connectivity index (χ4n) is 5.04. The summed E-state index contributed by atoms with van der Waals surface area (Å²) in [5, 5.41) is 2.93. The molecular formula is C18H25Cl2F2N3O. The topological polar surface area (TPSA) is 35.6 Å². The molecule has 4 nitrogen and oxygen atoms in total. The van der Waals surface area contributed by atoms with Gasteiger partial charge in [-0.3, -0.25) is 9.69 Å². The quantitative estimate of drug-likeness (QED) is 0.835. The molecule has 4 aliphatic heterocycles. The lowest BCUT2D eigenvalue weighted by Gasteiger charge is -2.51. The number of amides is 1. The number of halogens is 4. The van der Waals surface area contributed by atoms with Crippen LogP contribution in [-0.2, 0) is 4.79 Å². The molecule has 26 heavy (non-hydrogen) atoms. The third-order valence-electron chi connectivity index (χ3n) is 5.96. The Morgan fingerprint density at radius 1 is 1.12 bits per heavy atom. The summed E-state index contributed by atoms with van der Waals surface area (Å²) in [5.74, 6) is -0.524. The van der Waals surface area contributed by atoms with E-state index in [1.54, 1.807) is 7.05 Å². The van der Waals surface area contributed by atoms with E-state index in [0.29, 0.717) is 24.6 Å². The molecule has 8 heteroatoms. The summed E-state index contributed by atoms with van der Waals surface area (Å²) in [7, 11) is 1.77. The first-order valence-corrected chi connectivity index (χ1v) is 8.72. The highest BCUT2D eigenvalue weighted by Crippen LogP contribution is 2.46. The van der Waals surface area contributed by atoms with Crippen LogP contribution in [0.4, 0.5) is 8.78 Å². The van der Waals surface area contributed by atoms with Crippen molar-refractivity contribution in [3.63, 3.8) is 0 Å². The lowest BCUT2D eigenvalue weighted by molar-refractivity contribution is -0.134. The lowest BCUT2D eigenvalue weighted by Crippen LogP contribution is -2.61. The Morgan fingerprint density at radius 3 is 2.31 bits per heavy atom. The van der Waals surface area contributed by atoms with Crippen molar-refractivity contribution >= 4 is 30.7 Å². The zero-order valence-electron chi connectivity index (χ0n) is 14.7. The molecule has 3 atom stereocenters. The van der Waals surface area contributed by atoms with Crippen LogP contribution in [0.2, 0.25) is 0 Å². The van der Waals surface area contributed by atoms with E-state index in [2.05, 4.69) is 10.2 Å². The van der Waals surface area contributed by atoms with Crippen molar-refractivity contribution < 1.29 is 13.6 Å². The molecule has 5 rings (SSSR count). The van der Waals surface area contributed by atoms with Crippen LogP contribution < -0.4 is 5.32 Å². The first kappa shape index (κ1) is 21.4. The van der Waals surface area contributed by atoms with E-state index in [1.165, 1.54) is 12.1 Å². The van der Waals surface area contributed by atoms with Crippen LogP contribution in [0, 0.1) is 17.6 Å². The Labute approximate surface area is 165 Å². The van der Waals surface area contributed by atoms with E-state index in [1.807, 2.05) is 4.90 Å². The minimum absolute atomic E-state index is 0. The third-order valence-corrected chi connectivity index (χ3v) is 5.96. The predicted molar refractivity (Wildman–Crippen MR) is 101 cm³/mol. The maximum Gasteiger partial charge on any atom is 0.236 e. The van der Waals surface area contributed by atoms with E-state index in [9.17, 15) is 13.6 Å². The van der Waals surface area contributed by atoms with Crippen molar-refractivity contribution in [2.75, 3.05) is 33.2 Å². The highest BCUT2D eigenvalue weighted by molar-refractivity contribution is 5.85. The summed E-state index contributed by atoms with van der Waals surface area (Å²) in [6, 6.07) is 4.12. The molecule has 1 amide bonds. The van der Waals surface area contributed by atoms with Gasteiger partial charge >= 0.3 is 0 Å². The van der Waals surface area contributed by atoms with Crippen LogP contribution >= 0.6 is 24.8 Å². The smallest absolute Gasteiger partial charge is 0.236 e. The molecule has 4 fully saturated rings. The number of fused-ring (bicyclic) bond motifs is 2. The Bertz CT molecular complexity index is 635. The van der Waals surface area contributed by atoms with Crippen molar-refractivity contribution in [3.8, 4) is 0 Å². The summed E-state index contributed by atoms with van der Waals surface area (Å²) >= 11 is 0. The summed E-state index contributed by atoms with van der Waals surface area (Å²) in [6.07, 6.45) is 2.21. The summed E-state index contributed by atoms with van der Waals surface area (Å²) < 4.78 is 27.5. The number of rotatable bonds is 3. The summed E-state index contributed by atoms with van der Waals surface area (Å²) in [4.78, 5) is 17.0. The van der Waals surface area contributed by atoms with E-state index >= 15 is 0 Å². The molecule has 4 aliphatic rings. The van der Waals surface area contributed by atoms with Gasteiger partial charge in [-0.2, -0.15) is 0 Å². The van der Waals surface area contributed by atoms with Crippen LogP contribution in [0.15, 0.2) is 18.2 Å². The second-order valence-electron chi connectivity index (χ2n) is 7.24. The van der Waals surface area contributed by atoms with Crippen molar-refractivity contribution in [2.24, 2.45) is 5.92 Å². The molecule has 0 unspecified atom stereocenters. The number of likely N-dealkylation sites (tertiary alicyclic amines) is 1. The van der Waals surface area contributed by atoms with Crippen molar-refractivity contribution in [1.29, 1.82) is 0 Å². The van der Waals surface area contributed by atoms with E-state index in [-0.39, 0.29) is 48.7 Å². The van der Waals surface area contributed by atoms with E-state index in [4.69, 9.17) is 0 Å². The molecule has 0 spiro atoms. The molecule has 4 heterocycles. The fraction of sp³-hybridized carbons (Fsp3) is 0.611. The Balaban J connectivity index is 0.00000121. The lowest BCUT2D eigenvalue weighted by atomic mass is 9.75. The molecule has 4 saturated heterocycles. The van der Waals surface area contributed by atoms with Crippen LogP contribution in [0.1, 0.15) is 24.3 Å². The molecule has 2 bridgehead atoms. The Kier molecular flexibility index (Phi) is 6.88. The second-order valence-corrected chi connectivity index (χ2v) is 7.24. The highest BCUT2D eigenvalue weighted by Gasteiger charge is 2.54. The van der Waals surface area contributed by atoms with Gasteiger partial charge in [0.15, 0.2) is 0 Å². The van der Waals surface area contributed by atoms with Crippen molar-refractivity contribution in [3.05, 3.63) is 35.4 Å². The first-order valence-electron chi connectivity index (χ1n) is 8.72. The third kappa shape index (κ3) is 3.57. The van der Waals surface area contributed by atoms with E-state index < -0.39 is 11.6 Å². The number of nitrogens with one attached hydrogen (secondary N) is 1. The number of benzene rings is 1. The van der Waals surface area contributed by atoms with Gasteiger partial charge < -0.3 is 10.2 Å². The number of carbonyl (C=O) groups excluding carboxylic acids is 1. The van der Waals surface area contributed by atoms with Gasteiger partial charge in [-0.25, -0.2) is 8.78 Å². The minimum atomic E-state index is -0.544. The molecular weight excluding hydrogens is 383 g/mol. The maximum atomic E-state index is 13.7. The number of hydrogen-bond acceptors (Lipinski definition) is 3. The Morgan fingerprint density at radius 2 is 1.73 bits per heavy atom.